The molecule has 40 heavy (non-hydrogen) atoms. The predicted molar refractivity (Wildman–Crippen MR) is 163 cm³/mol. The average Bonchev–Trinajstić information content (AvgIpc) is 3.74. The van der Waals surface area contributed by atoms with Gasteiger partial charge in [-0.25, -0.2) is 0 Å². The fourth-order valence-corrected chi connectivity index (χ4v) is 5.93. The van der Waals surface area contributed by atoms with Gasteiger partial charge in [0.25, 0.3) is 0 Å². The summed E-state index contributed by atoms with van der Waals surface area (Å²) in [5.41, 5.74) is 14.1. The molecule has 208 valence electrons. The molecule has 1 aliphatic heterocycles. The van der Waals surface area contributed by atoms with Crippen molar-refractivity contribution in [1.29, 1.82) is 0 Å². The van der Waals surface area contributed by atoms with Crippen LogP contribution in [0.25, 0.3) is 0 Å². The van der Waals surface area contributed by atoms with Crippen molar-refractivity contribution in [2.24, 2.45) is 10.7 Å². The van der Waals surface area contributed by atoms with Crippen LogP contribution in [0, 0.1) is 6.92 Å². The topological polar surface area (TPSA) is 82.2 Å². The maximum atomic E-state index is 12.6. The summed E-state index contributed by atoms with van der Waals surface area (Å²) in [7, 11) is 0. The summed E-state index contributed by atoms with van der Waals surface area (Å²) < 4.78 is 0. The number of allylic oxidation sites excluding steroid dienone is 1. The van der Waals surface area contributed by atoms with Crippen LogP contribution < -0.4 is 10.6 Å². The number of amidine groups is 1. The van der Waals surface area contributed by atoms with Gasteiger partial charge in [-0.15, -0.1) is 0 Å². The van der Waals surface area contributed by atoms with E-state index in [-0.39, 0.29) is 18.1 Å². The minimum Gasteiger partial charge on any atom is -0.510 e. The van der Waals surface area contributed by atoms with Gasteiger partial charge in [0.15, 0.2) is 0 Å². The fourth-order valence-electron chi connectivity index (χ4n) is 5.93. The molecule has 3 unspecified atom stereocenters. The summed E-state index contributed by atoms with van der Waals surface area (Å²) in [6.07, 6.45) is 3.11. The van der Waals surface area contributed by atoms with Crippen LogP contribution in [-0.4, -0.2) is 40.4 Å². The molecule has 3 N–H and O–H groups in total. The van der Waals surface area contributed by atoms with Crippen molar-refractivity contribution in [3.05, 3.63) is 112 Å². The van der Waals surface area contributed by atoms with Gasteiger partial charge in [0.05, 0.1) is 0 Å². The molecule has 0 spiro atoms. The minimum absolute atomic E-state index is 0.0709. The van der Waals surface area contributed by atoms with Gasteiger partial charge in [0, 0.05) is 37.2 Å². The number of hydrogen-bond acceptors (Lipinski definition) is 4. The third kappa shape index (κ3) is 5.62. The van der Waals surface area contributed by atoms with Crippen molar-refractivity contribution >= 4 is 17.4 Å². The molecule has 3 atom stereocenters. The SMILES string of the molecule is CCc1cccc(C)c1C(N)=NC(Cc1ccc(N2C(C)CN(C(C)=O)C2c2ccccc2)cc1)C(O)=C1CC1. The number of rotatable bonds is 8. The Morgan fingerprint density at radius 1 is 1.05 bits per heavy atom. The van der Waals surface area contributed by atoms with E-state index in [0.29, 0.717) is 24.6 Å². The Labute approximate surface area is 237 Å². The number of carbonyl (C=O) groups excluding carboxylic acids is 1. The first-order valence-electron chi connectivity index (χ1n) is 14.3. The van der Waals surface area contributed by atoms with Gasteiger partial charge in [-0.1, -0.05) is 67.6 Å². The highest BCUT2D eigenvalue weighted by molar-refractivity contribution is 6.00. The summed E-state index contributed by atoms with van der Waals surface area (Å²) >= 11 is 0. The van der Waals surface area contributed by atoms with Crippen molar-refractivity contribution in [3.63, 3.8) is 0 Å². The normalized spacial score (nSPS) is 19.6. The predicted octanol–water partition coefficient (Wildman–Crippen LogP) is 6.24. The first-order chi connectivity index (χ1) is 19.3. The van der Waals surface area contributed by atoms with Gasteiger partial charge in [-0.2, -0.15) is 0 Å². The van der Waals surface area contributed by atoms with E-state index in [2.05, 4.69) is 74.2 Å². The summed E-state index contributed by atoms with van der Waals surface area (Å²) in [5.74, 6) is 0.903. The molecule has 1 aliphatic carbocycles. The number of aryl methyl sites for hydroxylation is 2. The molecule has 2 aliphatic rings. The first kappa shape index (κ1) is 27.5. The van der Waals surface area contributed by atoms with Crippen molar-refractivity contribution in [3.8, 4) is 0 Å². The second-order valence-corrected chi connectivity index (χ2v) is 11.1. The zero-order chi connectivity index (χ0) is 28.4. The maximum absolute atomic E-state index is 12.6. The largest absolute Gasteiger partial charge is 0.510 e. The maximum Gasteiger partial charge on any atom is 0.221 e. The minimum atomic E-state index is -0.427. The molecule has 0 bridgehead atoms. The summed E-state index contributed by atoms with van der Waals surface area (Å²) in [4.78, 5) is 21.7. The Kier molecular flexibility index (Phi) is 7.97. The summed E-state index contributed by atoms with van der Waals surface area (Å²) in [6.45, 7) is 8.65. The number of hydrogen-bond donors (Lipinski definition) is 2. The molecule has 6 nitrogen and oxygen atoms in total. The smallest absolute Gasteiger partial charge is 0.221 e. The van der Waals surface area contributed by atoms with Crippen LogP contribution in [0.4, 0.5) is 5.69 Å². The Morgan fingerprint density at radius 2 is 1.75 bits per heavy atom. The second kappa shape index (κ2) is 11.6. The van der Waals surface area contributed by atoms with E-state index in [1.807, 2.05) is 29.2 Å². The van der Waals surface area contributed by atoms with Gasteiger partial charge >= 0.3 is 0 Å². The molecule has 1 amide bonds. The van der Waals surface area contributed by atoms with Crippen LogP contribution in [0.2, 0.25) is 0 Å². The highest BCUT2D eigenvalue weighted by Gasteiger charge is 2.39. The monoisotopic (exact) mass is 536 g/mol. The van der Waals surface area contributed by atoms with Crippen LogP contribution in [-0.2, 0) is 17.6 Å². The van der Waals surface area contributed by atoms with E-state index >= 15 is 0 Å². The average molecular weight is 537 g/mol. The Bertz CT molecular complexity index is 1420. The van der Waals surface area contributed by atoms with Gasteiger partial charge in [0.1, 0.15) is 23.8 Å². The second-order valence-electron chi connectivity index (χ2n) is 11.1. The molecular weight excluding hydrogens is 496 g/mol. The number of aliphatic imine (C=N–C) groups is 1. The van der Waals surface area contributed by atoms with Gasteiger partial charge in [-0.05, 0) is 73.1 Å². The number of anilines is 1. The van der Waals surface area contributed by atoms with E-state index < -0.39 is 6.04 Å². The highest BCUT2D eigenvalue weighted by Crippen LogP contribution is 2.38. The molecule has 1 saturated heterocycles. The van der Waals surface area contributed by atoms with E-state index in [4.69, 9.17) is 10.7 Å². The van der Waals surface area contributed by atoms with Crippen LogP contribution in [0.1, 0.15) is 67.6 Å². The molecule has 1 heterocycles. The molecule has 0 radical (unpaired) electrons. The number of amides is 1. The third-order valence-corrected chi connectivity index (χ3v) is 8.13. The lowest BCUT2D eigenvalue weighted by Crippen LogP contribution is -2.34. The molecule has 6 heteroatoms. The quantitative estimate of drug-likeness (QED) is 0.203. The number of carbonyl (C=O) groups is 1. The Balaban J connectivity index is 1.43. The zero-order valence-corrected chi connectivity index (χ0v) is 24.0. The lowest BCUT2D eigenvalue weighted by molar-refractivity contribution is -0.129. The standard InChI is InChI=1S/C34H40N4O2/c1-5-26-13-9-10-22(2)31(26)33(35)36-30(32(40)27-16-17-27)20-25-14-18-29(19-15-25)38-23(3)21-37(24(4)39)34(38)28-11-7-6-8-12-28/h6-15,18-19,23,30,34,40H,5,16-17,20-21H2,1-4H3,(H2,35,36). The number of nitrogens with two attached hydrogens (primary N) is 1. The lowest BCUT2D eigenvalue weighted by Gasteiger charge is -2.33. The number of nitrogens with zero attached hydrogens (tertiary/aromatic N) is 3. The van der Waals surface area contributed by atoms with E-state index in [1.54, 1.807) is 6.92 Å². The van der Waals surface area contributed by atoms with Crippen LogP contribution in [0.3, 0.4) is 0 Å². The molecule has 1 saturated carbocycles. The summed E-state index contributed by atoms with van der Waals surface area (Å²) in [6, 6.07) is 24.6. The first-order valence-corrected chi connectivity index (χ1v) is 14.3. The van der Waals surface area contributed by atoms with Gasteiger partial charge in [-0.3, -0.25) is 9.79 Å². The van der Waals surface area contributed by atoms with Crippen LogP contribution in [0.15, 0.2) is 89.1 Å². The highest BCUT2D eigenvalue weighted by atomic mass is 16.3. The molecular formula is C34H40N4O2. The van der Waals surface area contributed by atoms with E-state index in [0.717, 1.165) is 58.3 Å². The zero-order valence-electron chi connectivity index (χ0n) is 24.0. The Morgan fingerprint density at radius 3 is 2.38 bits per heavy atom. The van der Waals surface area contributed by atoms with Crippen LogP contribution in [0.5, 0.6) is 0 Å². The number of benzene rings is 3. The number of aliphatic hydroxyl groups is 1. The van der Waals surface area contributed by atoms with E-state index in [9.17, 15) is 9.90 Å². The lowest BCUT2D eigenvalue weighted by atomic mass is 9.98. The van der Waals surface area contributed by atoms with E-state index in [1.165, 1.54) is 0 Å². The third-order valence-electron chi connectivity index (χ3n) is 8.13. The van der Waals surface area contributed by atoms with Crippen molar-refractivity contribution < 1.29 is 9.90 Å². The molecule has 3 aromatic carbocycles. The van der Waals surface area contributed by atoms with Crippen LogP contribution >= 0.6 is 0 Å². The fraction of sp³-hybridized carbons (Fsp3) is 0.353. The van der Waals surface area contributed by atoms with Crippen molar-refractivity contribution in [2.75, 3.05) is 11.4 Å². The van der Waals surface area contributed by atoms with Gasteiger partial charge < -0.3 is 20.6 Å². The molecule has 3 aromatic rings. The molecule has 2 fully saturated rings. The molecule has 5 rings (SSSR count). The summed E-state index contributed by atoms with van der Waals surface area (Å²) in [5, 5.41) is 11.1. The number of aliphatic hydroxyl groups excluding tert-OH is 1. The molecule has 0 aromatic heterocycles. The van der Waals surface area contributed by atoms with Gasteiger partial charge in [0.2, 0.25) is 5.91 Å². The Hall–Kier alpha value is -4.06. The van der Waals surface area contributed by atoms with Crippen molar-refractivity contribution in [1.82, 2.24) is 4.90 Å². The van der Waals surface area contributed by atoms with Crippen molar-refractivity contribution in [2.45, 2.75) is 71.6 Å².